The van der Waals surface area contributed by atoms with E-state index < -0.39 is 5.82 Å². The van der Waals surface area contributed by atoms with Crippen molar-refractivity contribution in [1.82, 2.24) is 24.4 Å². The molecular weight excluding hydrogens is 471 g/mol. The summed E-state index contributed by atoms with van der Waals surface area (Å²) in [4.78, 5) is 33.2. The van der Waals surface area contributed by atoms with Gasteiger partial charge in [0.25, 0.3) is 5.91 Å². The summed E-state index contributed by atoms with van der Waals surface area (Å²) in [6.07, 6.45) is 6.33. The van der Waals surface area contributed by atoms with E-state index in [0.717, 1.165) is 42.0 Å². The molecule has 0 radical (unpaired) electrons. The van der Waals surface area contributed by atoms with E-state index in [1.54, 1.807) is 41.7 Å². The number of nitriles is 1. The number of piperazine rings is 1. The number of aromatic nitrogens is 4. The maximum atomic E-state index is 13.7. The largest absolute Gasteiger partial charge is 0.369 e. The Bertz CT molecular complexity index is 1540. The number of pyridine rings is 1. The molecule has 1 amide bonds. The first-order valence-corrected chi connectivity index (χ1v) is 12.3. The number of hydrogen-bond acceptors (Lipinski definition) is 7. The van der Waals surface area contributed by atoms with Gasteiger partial charge in [0.15, 0.2) is 5.65 Å². The van der Waals surface area contributed by atoms with Crippen molar-refractivity contribution in [2.45, 2.75) is 19.4 Å². The quantitative estimate of drug-likeness (QED) is 0.428. The molecule has 2 aliphatic rings. The molecule has 0 bridgehead atoms. The summed E-state index contributed by atoms with van der Waals surface area (Å²) in [7, 11) is 0. The molecule has 0 N–H and O–H groups in total. The van der Waals surface area contributed by atoms with E-state index in [1.165, 1.54) is 12.1 Å². The molecule has 3 aromatic heterocycles. The number of hydrogen-bond donors (Lipinski definition) is 0. The lowest BCUT2D eigenvalue weighted by molar-refractivity contribution is 0.0673. The average molecular weight is 497 g/mol. The van der Waals surface area contributed by atoms with Gasteiger partial charge >= 0.3 is 0 Å². The van der Waals surface area contributed by atoms with E-state index in [1.807, 2.05) is 17.7 Å². The highest BCUT2D eigenvalue weighted by Crippen LogP contribution is 2.38. The van der Waals surface area contributed by atoms with E-state index in [-0.39, 0.29) is 11.9 Å². The fourth-order valence-corrected chi connectivity index (χ4v) is 5.10. The average Bonchev–Trinajstić information content (AvgIpc) is 3.26. The number of nitrogens with zero attached hydrogens (tertiary/aromatic N) is 8. The maximum Gasteiger partial charge on any atom is 0.254 e. The molecule has 0 spiro atoms. The van der Waals surface area contributed by atoms with Gasteiger partial charge in [-0.05, 0) is 43.7 Å². The van der Waals surface area contributed by atoms with Gasteiger partial charge in [-0.2, -0.15) is 5.26 Å². The fourth-order valence-electron chi connectivity index (χ4n) is 5.10. The van der Waals surface area contributed by atoms with Crippen molar-refractivity contribution < 1.29 is 9.18 Å². The molecule has 5 heterocycles. The lowest BCUT2D eigenvalue weighted by Crippen LogP contribution is -2.54. The highest BCUT2D eigenvalue weighted by atomic mass is 19.1. The summed E-state index contributed by atoms with van der Waals surface area (Å²) in [5.41, 5.74) is 2.64. The molecule has 1 aromatic carbocycles. The van der Waals surface area contributed by atoms with Crippen LogP contribution in [0.1, 0.15) is 29.3 Å². The molecule has 186 valence electrons. The second-order valence-electron chi connectivity index (χ2n) is 9.44. The number of carbonyl (C=O) groups excluding carboxylic acids is 1. The number of halogens is 1. The van der Waals surface area contributed by atoms with Gasteiger partial charge in [-0.3, -0.25) is 9.36 Å². The monoisotopic (exact) mass is 496 g/mol. The molecule has 1 atom stereocenters. The fraction of sp³-hybridized carbons (Fsp3) is 0.296. The van der Waals surface area contributed by atoms with Crippen LogP contribution in [0.5, 0.6) is 0 Å². The minimum atomic E-state index is -0.418. The molecule has 6 rings (SSSR count). The zero-order valence-electron chi connectivity index (χ0n) is 20.4. The number of benzene rings is 1. The molecule has 0 saturated carbocycles. The summed E-state index contributed by atoms with van der Waals surface area (Å²) >= 11 is 0. The van der Waals surface area contributed by atoms with Gasteiger partial charge in [0.05, 0.1) is 22.7 Å². The summed E-state index contributed by atoms with van der Waals surface area (Å²) < 4.78 is 15.6. The summed E-state index contributed by atoms with van der Waals surface area (Å²) in [5.74, 6) is 0.847. The first kappa shape index (κ1) is 22.9. The summed E-state index contributed by atoms with van der Waals surface area (Å²) in [6.45, 7) is 5.56. The van der Waals surface area contributed by atoms with Crippen molar-refractivity contribution in [2.24, 2.45) is 0 Å². The van der Waals surface area contributed by atoms with Crippen LogP contribution in [-0.2, 0) is 0 Å². The van der Waals surface area contributed by atoms with Gasteiger partial charge in [-0.1, -0.05) is 6.07 Å². The highest BCUT2D eigenvalue weighted by Gasteiger charge is 2.32. The smallest absolute Gasteiger partial charge is 0.254 e. The van der Waals surface area contributed by atoms with E-state index in [2.05, 4.69) is 25.8 Å². The van der Waals surface area contributed by atoms with Crippen molar-refractivity contribution in [3.05, 3.63) is 72.1 Å². The van der Waals surface area contributed by atoms with Crippen molar-refractivity contribution in [3.8, 4) is 11.9 Å². The number of anilines is 2. The van der Waals surface area contributed by atoms with Gasteiger partial charge < -0.3 is 14.7 Å². The number of rotatable bonds is 4. The standard InChI is InChI=1S/C27H25FN8O/c1-18-15-34(10-11-35(18)27(37)20-4-2-5-21(28)13-20)25-24-22(33-8-3-9-33)16-36(26(24)32-17-31-25)23-12-19(14-29)6-7-30-23/h2,4-7,12-13,16-18H,3,8-11,15H2,1H3. The van der Waals surface area contributed by atoms with Gasteiger partial charge in [0.1, 0.15) is 23.8 Å². The Balaban J connectivity index is 1.36. The molecule has 4 aromatic rings. The topological polar surface area (TPSA) is 94.2 Å². The van der Waals surface area contributed by atoms with Crippen LogP contribution in [0.3, 0.4) is 0 Å². The second-order valence-corrected chi connectivity index (χ2v) is 9.44. The van der Waals surface area contributed by atoms with E-state index >= 15 is 0 Å². The molecule has 9 nitrogen and oxygen atoms in total. The van der Waals surface area contributed by atoms with Crippen molar-refractivity contribution in [3.63, 3.8) is 0 Å². The van der Waals surface area contributed by atoms with Crippen LogP contribution in [-0.4, -0.2) is 69.1 Å². The zero-order valence-corrected chi connectivity index (χ0v) is 20.4. The SMILES string of the molecule is CC1CN(c2ncnc3c2c(N2CCC2)cn3-c2cc(C#N)ccn2)CCN1C(=O)c1cccc(F)c1. The van der Waals surface area contributed by atoms with Gasteiger partial charge in [-0.15, -0.1) is 0 Å². The number of carbonyl (C=O) groups is 1. The number of fused-ring (bicyclic) bond motifs is 1. The van der Waals surface area contributed by atoms with Crippen molar-refractivity contribution >= 4 is 28.4 Å². The Hall–Kier alpha value is -4.52. The summed E-state index contributed by atoms with van der Waals surface area (Å²) in [5, 5.41) is 10.3. The van der Waals surface area contributed by atoms with Crippen LogP contribution in [0.2, 0.25) is 0 Å². The molecule has 10 heteroatoms. The van der Waals surface area contributed by atoms with Crippen LogP contribution in [0, 0.1) is 17.1 Å². The van der Waals surface area contributed by atoms with Crippen LogP contribution in [0.15, 0.2) is 55.1 Å². The number of amides is 1. The molecule has 2 fully saturated rings. The minimum Gasteiger partial charge on any atom is -0.369 e. The molecular formula is C27H25FN8O. The second kappa shape index (κ2) is 9.17. The third-order valence-electron chi connectivity index (χ3n) is 7.12. The van der Waals surface area contributed by atoms with Crippen molar-refractivity contribution in [2.75, 3.05) is 42.5 Å². The highest BCUT2D eigenvalue weighted by molar-refractivity contribution is 6.01. The maximum absolute atomic E-state index is 13.7. The van der Waals surface area contributed by atoms with Crippen LogP contribution >= 0.6 is 0 Å². The predicted molar refractivity (Wildman–Crippen MR) is 137 cm³/mol. The lowest BCUT2D eigenvalue weighted by atomic mass is 10.1. The Labute approximate surface area is 213 Å². The Kier molecular flexibility index (Phi) is 5.68. The Morgan fingerprint density at radius 1 is 1.08 bits per heavy atom. The first-order chi connectivity index (χ1) is 18.0. The van der Waals surface area contributed by atoms with Gasteiger partial charge in [-0.25, -0.2) is 19.3 Å². The Morgan fingerprint density at radius 3 is 2.68 bits per heavy atom. The molecule has 0 aliphatic carbocycles. The first-order valence-electron chi connectivity index (χ1n) is 12.3. The summed E-state index contributed by atoms with van der Waals surface area (Å²) in [6, 6.07) is 11.3. The zero-order chi connectivity index (χ0) is 25.5. The van der Waals surface area contributed by atoms with E-state index in [0.29, 0.717) is 36.6 Å². The van der Waals surface area contributed by atoms with Crippen LogP contribution < -0.4 is 9.80 Å². The third kappa shape index (κ3) is 4.02. The van der Waals surface area contributed by atoms with E-state index in [4.69, 9.17) is 4.98 Å². The minimum absolute atomic E-state index is 0.0990. The molecule has 2 aliphatic heterocycles. The third-order valence-corrected chi connectivity index (χ3v) is 7.12. The van der Waals surface area contributed by atoms with E-state index in [9.17, 15) is 14.4 Å². The normalized spacial score (nSPS) is 17.5. The molecule has 37 heavy (non-hydrogen) atoms. The molecule has 1 unspecified atom stereocenters. The van der Waals surface area contributed by atoms with Crippen LogP contribution in [0.4, 0.5) is 15.9 Å². The van der Waals surface area contributed by atoms with Gasteiger partial charge in [0.2, 0.25) is 0 Å². The van der Waals surface area contributed by atoms with Crippen LogP contribution in [0.25, 0.3) is 16.9 Å². The Morgan fingerprint density at radius 2 is 1.95 bits per heavy atom. The molecule has 2 saturated heterocycles. The van der Waals surface area contributed by atoms with Gasteiger partial charge in [0, 0.05) is 56.7 Å². The lowest BCUT2D eigenvalue weighted by Gasteiger charge is -2.41. The predicted octanol–water partition coefficient (Wildman–Crippen LogP) is 3.39. The van der Waals surface area contributed by atoms with Crippen molar-refractivity contribution in [1.29, 1.82) is 5.26 Å².